The molecular weight excluding hydrogens is 506 g/mol. The maximum atomic E-state index is 12.8. The zero-order chi connectivity index (χ0) is 24.9. The number of benzene rings is 2. The largest absolute Gasteiger partial charge is 0.422 e. The Morgan fingerprint density at radius 3 is 2.54 bits per heavy atom. The number of nitrogens with one attached hydrogen (secondary N) is 1. The van der Waals surface area contributed by atoms with Crippen molar-refractivity contribution in [3.05, 3.63) is 95.7 Å². The number of halogens is 5. The minimum Gasteiger partial charge on any atom is -0.422 e. The summed E-state index contributed by atoms with van der Waals surface area (Å²) in [6.07, 6.45) is -4.04. The van der Waals surface area contributed by atoms with Crippen LogP contribution in [0.3, 0.4) is 0 Å². The summed E-state index contributed by atoms with van der Waals surface area (Å²) in [6.45, 7) is 0.858. The molecule has 6 nitrogen and oxygen atoms in total. The van der Waals surface area contributed by atoms with Gasteiger partial charge in [-0.15, -0.1) is 0 Å². The molecule has 35 heavy (non-hydrogen) atoms. The van der Waals surface area contributed by atoms with Gasteiger partial charge in [0.1, 0.15) is 11.4 Å². The SMILES string of the molecule is O=c1[nH]c(-c2ccc(C(F)(F)F)cc2)nc2c1CN(Cc1c(Cl)c3cc(Cl)ccc3oc1=O)CC2. The van der Waals surface area contributed by atoms with Crippen molar-refractivity contribution in [2.45, 2.75) is 25.7 Å². The molecule has 4 aromatic rings. The molecular formula is C24H16Cl2F3N3O3. The summed E-state index contributed by atoms with van der Waals surface area (Å²) >= 11 is 12.6. The zero-order valence-corrected chi connectivity index (χ0v) is 19.4. The van der Waals surface area contributed by atoms with Crippen LogP contribution in [-0.2, 0) is 25.7 Å². The molecule has 0 bridgehead atoms. The molecule has 1 aliphatic heterocycles. The van der Waals surface area contributed by atoms with Gasteiger partial charge in [0, 0.05) is 42.0 Å². The van der Waals surface area contributed by atoms with Crippen molar-refractivity contribution in [2.75, 3.05) is 6.54 Å². The second kappa shape index (κ2) is 8.82. The van der Waals surface area contributed by atoms with Crippen LogP contribution in [0, 0.1) is 0 Å². The minimum atomic E-state index is -4.45. The molecule has 0 aliphatic carbocycles. The van der Waals surface area contributed by atoms with Crippen LogP contribution < -0.4 is 11.2 Å². The Hall–Kier alpha value is -3.14. The molecule has 0 spiro atoms. The second-order valence-corrected chi connectivity index (χ2v) is 9.01. The van der Waals surface area contributed by atoms with E-state index in [9.17, 15) is 22.8 Å². The highest BCUT2D eigenvalue weighted by atomic mass is 35.5. The van der Waals surface area contributed by atoms with E-state index < -0.39 is 22.9 Å². The van der Waals surface area contributed by atoms with Crippen LogP contribution in [0.4, 0.5) is 13.2 Å². The van der Waals surface area contributed by atoms with Gasteiger partial charge in [-0.3, -0.25) is 9.69 Å². The van der Waals surface area contributed by atoms with Crippen LogP contribution >= 0.6 is 23.2 Å². The topological polar surface area (TPSA) is 79.2 Å². The highest BCUT2D eigenvalue weighted by molar-refractivity contribution is 6.37. The lowest BCUT2D eigenvalue weighted by molar-refractivity contribution is -0.137. The molecule has 0 saturated carbocycles. The number of hydrogen-bond donors (Lipinski definition) is 1. The van der Waals surface area contributed by atoms with Crippen molar-refractivity contribution in [1.82, 2.24) is 14.9 Å². The molecule has 0 atom stereocenters. The van der Waals surface area contributed by atoms with Crippen LogP contribution in [0.1, 0.15) is 22.4 Å². The van der Waals surface area contributed by atoms with Gasteiger partial charge in [-0.2, -0.15) is 13.2 Å². The van der Waals surface area contributed by atoms with Crippen molar-refractivity contribution in [1.29, 1.82) is 0 Å². The predicted octanol–water partition coefficient (Wildman–Crippen LogP) is 5.43. The molecule has 180 valence electrons. The van der Waals surface area contributed by atoms with Crippen molar-refractivity contribution >= 4 is 34.2 Å². The van der Waals surface area contributed by atoms with Gasteiger partial charge >= 0.3 is 11.8 Å². The van der Waals surface area contributed by atoms with E-state index in [1.54, 1.807) is 18.2 Å². The number of aromatic amines is 1. The lowest BCUT2D eigenvalue weighted by Gasteiger charge is -2.27. The van der Waals surface area contributed by atoms with Crippen LogP contribution in [0.2, 0.25) is 10.0 Å². The molecule has 0 radical (unpaired) electrons. The first-order chi connectivity index (χ1) is 16.6. The van der Waals surface area contributed by atoms with Crippen molar-refractivity contribution in [3.8, 4) is 11.4 Å². The minimum absolute atomic E-state index is 0.156. The molecule has 3 heterocycles. The van der Waals surface area contributed by atoms with Crippen molar-refractivity contribution in [3.63, 3.8) is 0 Å². The molecule has 0 fully saturated rings. The maximum absolute atomic E-state index is 12.8. The smallest absolute Gasteiger partial charge is 0.416 e. The fourth-order valence-electron chi connectivity index (χ4n) is 4.10. The summed E-state index contributed by atoms with van der Waals surface area (Å²) in [4.78, 5) is 34.4. The monoisotopic (exact) mass is 521 g/mol. The Kier molecular flexibility index (Phi) is 5.94. The molecule has 0 unspecified atom stereocenters. The Morgan fingerprint density at radius 1 is 1.09 bits per heavy atom. The fraction of sp³-hybridized carbons (Fsp3) is 0.208. The normalized spacial score (nSPS) is 14.3. The number of fused-ring (bicyclic) bond motifs is 2. The van der Waals surface area contributed by atoms with E-state index in [1.165, 1.54) is 12.1 Å². The first kappa shape index (κ1) is 23.6. The number of hydrogen-bond acceptors (Lipinski definition) is 5. The van der Waals surface area contributed by atoms with Gasteiger partial charge in [0.05, 0.1) is 27.4 Å². The third-order valence-corrected chi connectivity index (χ3v) is 6.57. The third kappa shape index (κ3) is 4.59. The summed E-state index contributed by atoms with van der Waals surface area (Å²) in [5, 5.41) is 1.22. The van der Waals surface area contributed by atoms with E-state index in [-0.39, 0.29) is 29.5 Å². The van der Waals surface area contributed by atoms with E-state index >= 15 is 0 Å². The summed E-state index contributed by atoms with van der Waals surface area (Å²) in [6, 6.07) is 9.24. The third-order valence-electron chi connectivity index (χ3n) is 5.91. The van der Waals surface area contributed by atoms with Gasteiger partial charge in [-0.05, 0) is 30.3 Å². The van der Waals surface area contributed by atoms with Gasteiger partial charge in [0.2, 0.25) is 0 Å². The molecule has 1 aliphatic rings. The number of aromatic nitrogens is 2. The van der Waals surface area contributed by atoms with E-state index in [0.29, 0.717) is 45.8 Å². The average Bonchev–Trinajstić information content (AvgIpc) is 2.82. The Bertz CT molecular complexity index is 1560. The molecule has 11 heteroatoms. The van der Waals surface area contributed by atoms with Crippen LogP contribution in [-0.4, -0.2) is 21.4 Å². The van der Waals surface area contributed by atoms with Crippen LogP contribution in [0.25, 0.3) is 22.4 Å². The number of nitrogens with zero attached hydrogens (tertiary/aromatic N) is 2. The van der Waals surface area contributed by atoms with Crippen LogP contribution in [0.5, 0.6) is 0 Å². The zero-order valence-electron chi connectivity index (χ0n) is 17.9. The Labute approximate surface area is 205 Å². The summed E-state index contributed by atoms with van der Waals surface area (Å²) in [7, 11) is 0. The second-order valence-electron chi connectivity index (χ2n) is 8.20. The summed E-state index contributed by atoms with van der Waals surface area (Å²) < 4.78 is 43.9. The van der Waals surface area contributed by atoms with Gasteiger partial charge in [0.25, 0.3) is 5.56 Å². The highest BCUT2D eigenvalue weighted by Gasteiger charge is 2.30. The van der Waals surface area contributed by atoms with E-state index in [2.05, 4.69) is 9.97 Å². The number of alkyl halides is 3. The quantitative estimate of drug-likeness (QED) is 0.364. The maximum Gasteiger partial charge on any atom is 0.416 e. The van der Waals surface area contributed by atoms with Gasteiger partial charge in [-0.1, -0.05) is 35.3 Å². The van der Waals surface area contributed by atoms with E-state index in [1.807, 2.05) is 4.90 Å². The fourth-order valence-corrected chi connectivity index (χ4v) is 4.56. The molecule has 1 N–H and O–H groups in total. The lowest BCUT2D eigenvalue weighted by atomic mass is 10.0. The van der Waals surface area contributed by atoms with Gasteiger partial charge in [-0.25, -0.2) is 9.78 Å². The van der Waals surface area contributed by atoms with Crippen LogP contribution in [0.15, 0.2) is 56.5 Å². The molecule has 0 saturated heterocycles. The van der Waals surface area contributed by atoms with Gasteiger partial charge in [0.15, 0.2) is 0 Å². The van der Waals surface area contributed by atoms with Crippen molar-refractivity contribution in [2.24, 2.45) is 0 Å². The first-order valence-corrected chi connectivity index (χ1v) is 11.3. The molecule has 0 amide bonds. The molecule has 5 rings (SSSR count). The van der Waals surface area contributed by atoms with E-state index in [0.717, 1.165) is 12.1 Å². The molecule has 2 aromatic carbocycles. The van der Waals surface area contributed by atoms with Gasteiger partial charge < -0.3 is 9.40 Å². The number of H-pyrrole nitrogens is 1. The Morgan fingerprint density at radius 2 is 1.83 bits per heavy atom. The molecule has 2 aromatic heterocycles. The predicted molar refractivity (Wildman–Crippen MR) is 126 cm³/mol. The Balaban J connectivity index is 1.41. The first-order valence-electron chi connectivity index (χ1n) is 10.5. The summed E-state index contributed by atoms with van der Waals surface area (Å²) in [5.74, 6) is 0.200. The van der Waals surface area contributed by atoms with E-state index in [4.69, 9.17) is 27.6 Å². The standard InChI is InChI=1S/C24H16Cl2F3N3O3/c25-14-5-6-19-15(9-14)20(26)17(23(34)35-19)11-32-8-7-18-16(10-32)22(33)31-21(30-18)12-1-3-13(4-2-12)24(27,28)29/h1-6,9H,7-8,10-11H2,(H,30,31,33). The lowest BCUT2D eigenvalue weighted by Crippen LogP contribution is -2.36. The van der Waals surface area contributed by atoms with Crippen molar-refractivity contribution < 1.29 is 17.6 Å². The average molecular weight is 522 g/mol. The highest BCUT2D eigenvalue weighted by Crippen LogP contribution is 2.31. The number of rotatable bonds is 3. The summed E-state index contributed by atoms with van der Waals surface area (Å²) in [5.41, 5.74) is 0.206.